The van der Waals surface area contributed by atoms with Crippen LogP contribution < -0.4 is 10.9 Å². The molecule has 0 aliphatic rings. The summed E-state index contributed by atoms with van der Waals surface area (Å²) in [5, 5.41) is 3.17. The summed E-state index contributed by atoms with van der Waals surface area (Å²) >= 11 is 3.43. The molecule has 0 bridgehead atoms. The van der Waals surface area contributed by atoms with E-state index in [4.69, 9.17) is 0 Å². The van der Waals surface area contributed by atoms with Crippen molar-refractivity contribution >= 4 is 21.7 Å². The summed E-state index contributed by atoms with van der Waals surface area (Å²) in [5.41, 5.74) is 0.998. The summed E-state index contributed by atoms with van der Waals surface area (Å²) in [6, 6.07) is 9.49. The first-order chi connectivity index (χ1) is 9.04. The summed E-state index contributed by atoms with van der Waals surface area (Å²) in [5.74, 6) is 1.50. The van der Waals surface area contributed by atoms with E-state index >= 15 is 0 Å². The molecule has 0 radical (unpaired) electrons. The van der Waals surface area contributed by atoms with Crippen molar-refractivity contribution in [1.82, 2.24) is 9.97 Å². The summed E-state index contributed by atoms with van der Waals surface area (Å²) in [6.07, 6.45) is 0. The monoisotopic (exact) mass is 321 g/mol. The molecule has 0 saturated carbocycles. The van der Waals surface area contributed by atoms with E-state index in [9.17, 15) is 4.79 Å². The third kappa shape index (κ3) is 3.92. The number of nitrogens with zero attached hydrogens (tertiary/aromatic N) is 1. The van der Waals surface area contributed by atoms with Gasteiger partial charge in [0.05, 0.1) is 0 Å². The largest absolute Gasteiger partial charge is 0.366 e. The van der Waals surface area contributed by atoms with Crippen LogP contribution in [-0.2, 0) is 6.54 Å². The Bertz CT molecular complexity index is 622. The second-order valence-electron chi connectivity index (χ2n) is 4.65. The van der Waals surface area contributed by atoms with Crippen LogP contribution in [-0.4, -0.2) is 9.97 Å². The van der Waals surface area contributed by atoms with Gasteiger partial charge in [0, 0.05) is 23.0 Å². The quantitative estimate of drug-likeness (QED) is 0.908. The van der Waals surface area contributed by atoms with Gasteiger partial charge >= 0.3 is 0 Å². The average molecular weight is 322 g/mol. The molecule has 0 unspecified atom stereocenters. The van der Waals surface area contributed by atoms with Crippen LogP contribution in [0.5, 0.6) is 0 Å². The molecule has 1 heterocycles. The lowest BCUT2D eigenvalue weighted by Gasteiger charge is -2.09. The van der Waals surface area contributed by atoms with E-state index in [0.29, 0.717) is 18.2 Å². The van der Waals surface area contributed by atoms with Gasteiger partial charge in [0.2, 0.25) is 0 Å². The Morgan fingerprint density at radius 2 is 2.16 bits per heavy atom. The zero-order valence-corrected chi connectivity index (χ0v) is 12.5. The van der Waals surface area contributed by atoms with Crippen molar-refractivity contribution in [2.45, 2.75) is 26.3 Å². The van der Waals surface area contributed by atoms with E-state index in [0.717, 1.165) is 10.0 Å². The first-order valence-electron chi connectivity index (χ1n) is 6.14. The lowest BCUT2D eigenvalue weighted by molar-refractivity contribution is 0.766. The highest BCUT2D eigenvalue weighted by Gasteiger charge is 2.05. The fraction of sp³-hybridized carbons (Fsp3) is 0.286. The molecule has 2 rings (SSSR count). The van der Waals surface area contributed by atoms with Crippen molar-refractivity contribution in [3.63, 3.8) is 0 Å². The van der Waals surface area contributed by atoms with Gasteiger partial charge in [-0.3, -0.25) is 4.79 Å². The lowest BCUT2D eigenvalue weighted by atomic mass is 10.2. The minimum Gasteiger partial charge on any atom is -0.366 e. The molecule has 0 aliphatic heterocycles. The van der Waals surface area contributed by atoms with Crippen LogP contribution in [0.4, 0.5) is 5.82 Å². The summed E-state index contributed by atoms with van der Waals surface area (Å²) in [7, 11) is 0. The van der Waals surface area contributed by atoms with Gasteiger partial charge in [-0.2, -0.15) is 0 Å². The van der Waals surface area contributed by atoms with E-state index in [1.54, 1.807) is 0 Å². The fourth-order valence-electron chi connectivity index (χ4n) is 1.68. The highest BCUT2D eigenvalue weighted by Crippen LogP contribution is 2.13. The Morgan fingerprint density at radius 1 is 1.37 bits per heavy atom. The smallest absolute Gasteiger partial charge is 0.252 e. The van der Waals surface area contributed by atoms with E-state index in [-0.39, 0.29) is 11.5 Å². The average Bonchev–Trinajstić information content (AvgIpc) is 2.36. The molecule has 1 aromatic heterocycles. The Labute approximate surface area is 120 Å². The van der Waals surface area contributed by atoms with Crippen LogP contribution in [0, 0.1) is 0 Å². The molecule has 0 saturated heterocycles. The van der Waals surface area contributed by atoms with Gasteiger partial charge in [0.25, 0.3) is 5.56 Å². The van der Waals surface area contributed by atoms with Crippen molar-refractivity contribution in [1.29, 1.82) is 0 Å². The molecule has 0 amide bonds. The number of halogens is 1. The zero-order valence-electron chi connectivity index (χ0n) is 10.9. The predicted octanol–water partition coefficient (Wildman–Crippen LogP) is 3.27. The minimum atomic E-state index is -0.129. The molecule has 2 aromatic rings. The van der Waals surface area contributed by atoms with Crippen molar-refractivity contribution in [3.8, 4) is 0 Å². The number of aromatic amines is 1. The number of H-pyrrole nitrogens is 1. The van der Waals surface area contributed by atoms with Crippen LogP contribution >= 0.6 is 15.9 Å². The second-order valence-corrected chi connectivity index (χ2v) is 5.57. The number of nitrogens with one attached hydrogen (secondary N) is 2. The molecule has 0 aliphatic carbocycles. The number of anilines is 1. The predicted molar refractivity (Wildman–Crippen MR) is 80.4 cm³/mol. The lowest BCUT2D eigenvalue weighted by Crippen LogP contribution is -2.14. The molecule has 0 fully saturated rings. The molecule has 2 N–H and O–H groups in total. The van der Waals surface area contributed by atoms with E-state index < -0.39 is 0 Å². The third-order valence-electron chi connectivity index (χ3n) is 2.67. The van der Waals surface area contributed by atoms with Gasteiger partial charge in [-0.15, -0.1) is 0 Å². The van der Waals surface area contributed by atoms with Gasteiger partial charge in [-0.25, -0.2) is 4.98 Å². The maximum atomic E-state index is 11.5. The van der Waals surface area contributed by atoms with Gasteiger partial charge in [0.1, 0.15) is 11.6 Å². The Hall–Kier alpha value is -1.62. The number of aromatic nitrogens is 2. The van der Waals surface area contributed by atoms with E-state index in [1.165, 1.54) is 6.07 Å². The first-order valence-corrected chi connectivity index (χ1v) is 6.93. The summed E-state index contributed by atoms with van der Waals surface area (Å²) < 4.78 is 1.04. The molecule has 1 aromatic carbocycles. The zero-order chi connectivity index (χ0) is 13.8. The van der Waals surface area contributed by atoms with Crippen molar-refractivity contribution < 1.29 is 0 Å². The van der Waals surface area contributed by atoms with Crippen molar-refractivity contribution in [3.05, 3.63) is 56.5 Å². The fourth-order valence-corrected chi connectivity index (χ4v) is 2.13. The SMILES string of the molecule is CC(C)c1nc(NCc2cccc(Br)c2)cc(=O)[nH]1. The van der Waals surface area contributed by atoms with Crippen LogP contribution in [0.15, 0.2) is 39.6 Å². The van der Waals surface area contributed by atoms with Gasteiger partial charge < -0.3 is 10.3 Å². The van der Waals surface area contributed by atoms with Crippen LogP contribution in [0.1, 0.15) is 31.2 Å². The topological polar surface area (TPSA) is 57.8 Å². The third-order valence-corrected chi connectivity index (χ3v) is 3.16. The first kappa shape index (κ1) is 13.8. The Kier molecular flexibility index (Phi) is 4.37. The van der Waals surface area contributed by atoms with Crippen LogP contribution in [0.25, 0.3) is 0 Å². The molecule has 100 valence electrons. The number of hydrogen-bond acceptors (Lipinski definition) is 3. The second kappa shape index (κ2) is 6.02. The minimum absolute atomic E-state index is 0.129. The Balaban J connectivity index is 2.13. The number of benzene rings is 1. The van der Waals surface area contributed by atoms with Crippen molar-refractivity contribution in [2.24, 2.45) is 0 Å². The van der Waals surface area contributed by atoms with E-state index in [1.807, 2.05) is 38.1 Å². The van der Waals surface area contributed by atoms with Crippen LogP contribution in [0.2, 0.25) is 0 Å². The summed E-state index contributed by atoms with van der Waals surface area (Å²) in [6.45, 7) is 4.63. The standard InChI is InChI=1S/C14H16BrN3O/c1-9(2)14-17-12(7-13(19)18-14)16-8-10-4-3-5-11(15)6-10/h3-7,9H,8H2,1-2H3,(H2,16,17,18,19). The summed E-state index contributed by atoms with van der Waals surface area (Å²) in [4.78, 5) is 18.7. The normalized spacial score (nSPS) is 10.7. The number of hydrogen-bond donors (Lipinski definition) is 2. The van der Waals surface area contributed by atoms with Gasteiger partial charge in [-0.05, 0) is 17.7 Å². The van der Waals surface area contributed by atoms with Gasteiger partial charge in [0.15, 0.2) is 0 Å². The van der Waals surface area contributed by atoms with E-state index in [2.05, 4.69) is 31.2 Å². The maximum Gasteiger partial charge on any atom is 0.252 e. The molecule has 4 nitrogen and oxygen atoms in total. The molecule has 19 heavy (non-hydrogen) atoms. The van der Waals surface area contributed by atoms with Gasteiger partial charge in [-0.1, -0.05) is 41.9 Å². The number of rotatable bonds is 4. The highest BCUT2D eigenvalue weighted by atomic mass is 79.9. The molecule has 0 atom stereocenters. The maximum absolute atomic E-state index is 11.5. The molecule has 5 heteroatoms. The van der Waals surface area contributed by atoms with Crippen molar-refractivity contribution in [2.75, 3.05) is 5.32 Å². The molecule has 0 spiro atoms. The van der Waals surface area contributed by atoms with Crippen LogP contribution in [0.3, 0.4) is 0 Å². The Morgan fingerprint density at radius 3 is 2.84 bits per heavy atom. The molecular weight excluding hydrogens is 306 g/mol. The highest BCUT2D eigenvalue weighted by molar-refractivity contribution is 9.10. The molecular formula is C14H16BrN3O.